The number of nitrogens with zero attached hydrogens (tertiary/aromatic N) is 2. The molecule has 3 aromatic rings. The summed E-state index contributed by atoms with van der Waals surface area (Å²) in [5.41, 5.74) is 0.933. The van der Waals surface area contributed by atoms with E-state index >= 15 is 0 Å². The number of hydrogen-bond acceptors (Lipinski definition) is 11. The van der Waals surface area contributed by atoms with E-state index in [1.165, 1.54) is 30.3 Å². The number of halogens is 3. The Balaban J connectivity index is 1.36. The van der Waals surface area contributed by atoms with E-state index in [1.807, 2.05) is 18.2 Å². The monoisotopic (exact) mass is 608 g/mol. The van der Waals surface area contributed by atoms with Gasteiger partial charge in [-0.25, -0.2) is 19.6 Å². The first kappa shape index (κ1) is 31.3. The molecule has 42 heavy (non-hydrogen) atoms. The number of rotatable bonds is 11. The molecule has 2 N–H and O–H groups in total. The summed E-state index contributed by atoms with van der Waals surface area (Å²) in [6, 6.07) is 8.46. The zero-order valence-electron chi connectivity index (χ0n) is 23.2. The van der Waals surface area contributed by atoms with Gasteiger partial charge in [-0.3, -0.25) is 5.32 Å². The lowest BCUT2D eigenvalue weighted by Gasteiger charge is -2.45. The molecule has 1 saturated heterocycles. The van der Waals surface area contributed by atoms with Crippen LogP contribution in [0.2, 0.25) is 0 Å². The predicted octanol–water partition coefficient (Wildman–Crippen LogP) is 5.81. The summed E-state index contributed by atoms with van der Waals surface area (Å²) in [5.74, 6) is -2.95. The fraction of sp³-hybridized carbons (Fsp3) is 0.429. The molecule has 14 heteroatoms. The lowest BCUT2D eigenvalue weighted by Crippen LogP contribution is -2.62. The van der Waals surface area contributed by atoms with Crippen LogP contribution >= 0.6 is 11.8 Å². The number of carbonyl (C=O) groups excluding carboxylic acids is 2. The molecule has 2 aromatic heterocycles. The molecule has 1 unspecified atom stereocenters. The number of pyridine rings is 1. The standard InChI is InChI=1S/C28H31F3N4O6S/c1-26(2,11-13-42-23-9-6-18(15-33-23)24(36)41-25(37)28(29,30)31)35-27(10-4-5-12-40-27)34-19-7-8-20(21(14-19)38-3)22-16-32-17-39-22/h6-9,14-17,34-35H,4-5,10-13H2,1-3H3. The van der Waals surface area contributed by atoms with Crippen molar-refractivity contribution in [2.45, 2.75) is 62.1 Å². The summed E-state index contributed by atoms with van der Waals surface area (Å²) in [5, 5.41) is 7.74. The van der Waals surface area contributed by atoms with Gasteiger partial charge in [0.1, 0.15) is 5.75 Å². The number of anilines is 1. The first-order valence-electron chi connectivity index (χ1n) is 13.1. The van der Waals surface area contributed by atoms with Gasteiger partial charge in [-0.05, 0) is 57.4 Å². The molecular weight excluding hydrogens is 577 g/mol. The molecule has 1 aliphatic rings. The van der Waals surface area contributed by atoms with Gasteiger partial charge in [-0.1, -0.05) is 0 Å². The number of hydrogen-bond donors (Lipinski definition) is 2. The molecule has 1 aliphatic heterocycles. The molecule has 1 aromatic carbocycles. The average molecular weight is 609 g/mol. The van der Waals surface area contributed by atoms with E-state index in [2.05, 4.69) is 39.2 Å². The largest absolute Gasteiger partial charge is 0.496 e. The molecular formula is C28H31F3N4O6S. The van der Waals surface area contributed by atoms with E-state index in [1.54, 1.807) is 13.3 Å². The van der Waals surface area contributed by atoms with Crippen molar-refractivity contribution in [3.05, 3.63) is 54.7 Å². The smallest absolute Gasteiger partial charge is 0.491 e. The van der Waals surface area contributed by atoms with Gasteiger partial charge in [0.2, 0.25) is 0 Å². The number of ether oxygens (including phenoxy) is 3. The van der Waals surface area contributed by atoms with Crippen LogP contribution in [-0.4, -0.2) is 58.9 Å². The topological polar surface area (TPSA) is 125 Å². The minimum absolute atomic E-state index is 0.258. The third kappa shape index (κ3) is 8.23. The van der Waals surface area contributed by atoms with E-state index < -0.39 is 24.0 Å². The number of aromatic nitrogens is 2. The van der Waals surface area contributed by atoms with Gasteiger partial charge in [0.25, 0.3) is 0 Å². The summed E-state index contributed by atoms with van der Waals surface area (Å²) in [6.45, 7) is 4.71. The average Bonchev–Trinajstić information content (AvgIpc) is 3.47. The molecule has 226 valence electrons. The summed E-state index contributed by atoms with van der Waals surface area (Å²) < 4.78 is 58.1. The predicted molar refractivity (Wildman–Crippen MR) is 148 cm³/mol. The highest BCUT2D eigenvalue weighted by atomic mass is 32.2. The van der Waals surface area contributed by atoms with Gasteiger partial charge in [0.05, 0.1) is 36.1 Å². The Kier molecular flexibility index (Phi) is 9.79. The van der Waals surface area contributed by atoms with E-state index in [0.717, 1.165) is 36.7 Å². The van der Waals surface area contributed by atoms with E-state index in [9.17, 15) is 22.8 Å². The number of methoxy groups -OCH3 is 1. The van der Waals surface area contributed by atoms with Gasteiger partial charge >= 0.3 is 18.1 Å². The Morgan fingerprint density at radius 1 is 1.14 bits per heavy atom. The number of benzene rings is 1. The molecule has 0 amide bonds. The van der Waals surface area contributed by atoms with Crippen LogP contribution in [0.15, 0.2) is 58.6 Å². The van der Waals surface area contributed by atoms with Crippen molar-refractivity contribution in [3.63, 3.8) is 0 Å². The van der Waals surface area contributed by atoms with Crippen LogP contribution in [0, 0.1) is 0 Å². The number of esters is 2. The third-order valence-electron chi connectivity index (χ3n) is 6.42. The van der Waals surface area contributed by atoms with Gasteiger partial charge in [-0.2, -0.15) is 13.2 Å². The van der Waals surface area contributed by atoms with Crippen molar-refractivity contribution >= 4 is 29.4 Å². The Hall–Kier alpha value is -3.62. The quantitative estimate of drug-likeness (QED) is 0.119. The van der Waals surface area contributed by atoms with Crippen molar-refractivity contribution in [2.75, 3.05) is 24.8 Å². The van der Waals surface area contributed by atoms with Crippen LogP contribution in [-0.2, 0) is 14.3 Å². The maximum atomic E-state index is 12.3. The molecule has 3 heterocycles. The normalized spacial score (nSPS) is 17.5. The maximum Gasteiger partial charge on any atom is 0.491 e. The van der Waals surface area contributed by atoms with Crippen molar-refractivity contribution in [2.24, 2.45) is 0 Å². The van der Waals surface area contributed by atoms with Gasteiger partial charge in [0.15, 0.2) is 18.0 Å². The molecule has 10 nitrogen and oxygen atoms in total. The summed E-state index contributed by atoms with van der Waals surface area (Å²) in [6.07, 6.45) is 2.15. The summed E-state index contributed by atoms with van der Waals surface area (Å²) in [4.78, 5) is 30.7. The first-order valence-corrected chi connectivity index (χ1v) is 14.1. The number of oxazole rings is 1. The Labute approximate surface area is 244 Å². The highest BCUT2D eigenvalue weighted by molar-refractivity contribution is 7.99. The fourth-order valence-corrected chi connectivity index (χ4v) is 5.50. The second-order valence-corrected chi connectivity index (χ2v) is 11.3. The molecule has 0 bridgehead atoms. The van der Waals surface area contributed by atoms with Crippen LogP contribution in [0.1, 0.15) is 49.9 Å². The van der Waals surface area contributed by atoms with Gasteiger partial charge in [0, 0.05) is 35.7 Å². The minimum atomic E-state index is -5.26. The summed E-state index contributed by atoms with van der Waals surface area (Å²) in [7, 11) is 1.59. The van der Waals surface area contributed by atoms with Crippen LogP contribution in [0.25, 0.3) is 11.3 Å². The van der Waals surface area contributed by atoms with Crippen molar-refractivity contribution in [3.8, 4) is 17.1 Å². The molecule has 0 spiro atoms. The molecule has 0 radical (unpaired) electrons. The van der Waals surface area contributed by atoms with Crippen LogP contribution in [0.5, 0.6) is 5.75 Å². The molecule has 0 aliphatic carbocycles. The van der Waals surface area contributed by atoms with Crippen LogP contribution < -0.4 is 15.4 Å². The van der Waals surface area contributed by atoms with E-state index in [-0.39, 0.29) is 11.1 Å². The number of thioether (sulfide) groups is 1. The van der Waals surface area contributed by atoms with Crippen LogP contribution in [0.4, 0.5) is 18.9 Å². The second-order valence-electron chi connectivity index (χ2n) is 10.2. The molecule has 1 atom stereocenters. The summed E-state index contributed by atoms with van der Waals surface area (Å²) >= 11 is 1.41. The fourth-order valence-electron chi connectivity index (χ4n) is 4.38. The van der Waals surface area contributed by atoms with Crippen molar-refractivity contribution in [1.82, 2.24) is 15.3 Å². The molecule has 4 rings (SSSR count). The molecule has 0 saturated carbocycles. The SMILES string of the molecule is COc1cc(NC2(NC(C)(C)CCSc3ccc(C(=O)OC(=O)C(F)(F)F)cn3)CCCCO2)ccc1-c1cnco1. The number of alkyl halides is 3. The Morgan fingerprint density at radius 2 is 1.95 bits per heavy atom. The van der Waals surface area contributed by atoms with Crippen molar-refractivity contribution < 1.29 is 41.4 Å². The number of nitrogens with one attached hydrogen (secondary N) is 2. The lowest BCUT2D eigenvalue weighted by molar-refractivity contribution is -0.193. The lowest BCUT2D eigenvalue weighted by atomic mass is 9.98. The van der Waals surface area contributed by atoms with E-state index in [4.69, 9.17) is 13.9 Å². The van der Waals surface area contributed by atoms with E-state index in [0.29, 0.717) is 35.3 Å². The third-order valence-corrected chi connectivity index (χ3v) is 7.37. The van der Waals surface area contributed by atoms with Crippen molar-refractivity contribution in [1.29, 1.82) is 0 Å². The zero-order valence-corrected chi connectivity index (χ0v) is 24.1. The highest BCUT2D eigenvalue weighted by Gasteiger charge is 2.42. The first-order chi connectivity index (χ1) is 19.9. The highest BCUT2D eigenvalue weighted by Crippen LogP contribution is 2.35. The minimum Gasteiger partial charge on any atom is -0.496 e. The van der Waals surface area contributed by atoms with Gasteiger partial charge < -0.3 is 23.9 Å². The van der Waals surface area contributed by atoms with Gasteiger partial charge in [-0.15, -0.1) is 11.8 Å². The maximum absolute atomic E-state index is 12.3. The zero-order chi connectivity index (χ0) is 30.4. The Bertz CT molecular complexity index is 1360. The molecule has 1 fully saturated rings. The van der Waals surface area contributed by atoms with Crippen LogP contribution in [0.3, 0.4) is 0 Å². The Morgan fingerprint density at radius 3 is 2.57 bits per heavy atom. The second kappa shape index (κ2) is 13.1. The number of carbonyl (C=O) groups is 2.